The molecule has 1 amide bonds. The number of carbonyl (C=O) groups is 1. The number of alkyl carbamates (subject to hydrolysis) is 1. The number of anilines is 1. The smallest absolute Gasteiger partial charge is 0.407 e. The Hall–Kier alpha value is -1.75. The Labute approximate surface area is 132 Å². The van der Waals surface area contributed by atoms with Crippen molar-refractivity contribution in [2.45, 2.75) is 26.2 Å². The first-order valence-electron chi connectivity index (χ1n) is 8.12. The summed E-state index contributed by atoms with van der Waals surface area (Å²) in [4.78, 5) is 13.7. The zero-order valence-corrected chi connectivity index (χ0v) is 13.3. The van der Waals surface area contributed by atoms with Gasteiger partial charge in [-0.05, 0) is 30.5 Å². The molecule has 0 saturated carbocycles. The number of unbranched alkanes of at least 4 members (excludes halogenated alkanes) is 1. The molecule has 2 rings (SSSR count). The summed E-state index contributed by atoms with van der Waals surface area (Å²) in [7, 11) is 0. The maximum atomic E-state index is 11.4. The minimum atomic E-state index is -0.321. The topological polar surface area (TPSA) is 50.8 Å². The van der Waals surface area contributed by atoms with E-state index in [0.29, 0.717) is 13.2 Å². The first kappa shape index (κ1) is 16.6. The molecule has 0 radical (unpaired) electrons. The maximum Gasteiger partial charge on any atom is 0.407 e. The van der Waals surface area contributed by atoms with Crippen LogP contribution >= 0.6 is 0 Å². The highest BCUT2D eigenvalue weighted by Gasteiger charge is 2.10. The van der Waals surface area contributed by atoms with Crippen LogP contribution in [0.1, 0.15) is 25.3 Å². The number of morpholine rings is 1. The molecule has 0 aliphatic carbocycles. The van der Waals surface area contributed by atoms with Crippen LogP contribution in [0.15, 0.2) is 24.3 Å². The predicted octanol–water partition coefficient (Wildman–Crippen LogP) is 2.59. The van der Waals surface area contributed by atoms with E-state index < -0.39 is 0 Å². The van der Waals surface area contributed by atoms with E-state index in [1.807, 2.05) is 0 Å². The molecule has 0 aromatic heterocycles. The molecule has 0 bridgehead atoms. The van der Waals surface area contributed by atoms with Crippen LogP contribution in [0.2, 0.25) is 0 Å². The number of ether oxygens (including phenoxy) is 2. The molecule has 1 aromatic carbocycles. The van der Waals surface area contributed by atoms with E-state index in [4.69, 9.17) is 9.47 Å². The third kappa shape index (κ3) is 5.56. The van der Waals surface area contributed by atoms with Gasteiger partial charge in [0.05, 0.1) is 19.8 Å². The lowest BCUT2D eigenvalue weighted by Gasteiger charge is -2.28. The van der Waals surface area contributed by atoms with E-state index in [0.717, 1.165) is 45.6 Å². The van der Waals surface area contributed by atoms with Gasteiger partial charge in [-0.3, -0.25) is 0 Å². The summed E-state index contributed by atoms with van der Waals surface area (Å²) < 4.78 is 10.4. The van der Waals surface area contributed by atoms with Crippen molar-refractivity contribution >= 4 is 11.8 Å². The second kappa shape index (κ2) is 9.30. The van der Waals surface area contributed by atoms with Crippen LogP contribution in [0.4, 0.5) is 10.5 Å². The van der Waals surface area contributed by atoms with Gasteiger partial charge in [0, 0.05) is 25.3 Å². The lowest BCUT2D eigenvalue weighted by molar-refractivity contribution is 0.122. The van der Waals surface area contributed by atoms with Gasteiger partial charge in [0.15, 0.2) is 0 Å². The zero-order chi connectivity index (χ0) is 15.6. The molecule has 1 heterocycles. The highest BCUT2D eigenvalue weighted by atomic mass is 16.5. The summed E-state index contributed by atoms with van der Waals surface area (Å²) in [6.07, 6.45) is 2.43. The van der Waals surface area contributed by atoms with Gasteiger partial charge in [0.1, 0.15) is 0 Å². The zero-order valence-electron chi connectivity index (χ0n) is 13.3. The molecule has 0 unspecified atom stereocenters. The Morgan fingerprint density at radius 1 is 1.27 bits per heavy atom. The average molecular weight is 306 g/mol. The van der Waals surface area contributed by atoms with Crippen LogP contribution in [0.5, 0.6) is 0 Å². The van der Waals surface area contributed by atoms with E-state index in [-0.39, 0.29) is 6.09 Å². The molecule has 1 N–H and O–H groups in total. The fourth-order valence-corrected chi connectivity index (χ4v) is 2.36. The van der Waals surface area contributed by atoms with E-state index in [9.17, 15) is 4.79 Å². The van der Waals surface area contributed by atoms with E-state index in [1.54, 1.807) is 0 Å². The number of amides is 1. The van der Waals surface area contributed by atoms with Crippen LogP contribution in [0.25, 0.3) is 0 Å². The van der Waals surface area contributed by atoms with Crippen LogP contribution in [0, 0.1) is 0 Å². The second-order valence-electron chi connectivity index (χ2n) is 5.43. The summed E-state index contributed by atoms with van der Waals surface area (Å²) in [6, 6.07) is 8.52. The molecule has 1 aliphatic heterocycles. The molecule has 1 aliphatic rings. The molecule has 122 valence electrons. The third-order valence-electron chi connectivity index (χ3n) is 3.73. The van der Waals surface area contributed by atoms with E-state index in [1.165, 1.54) is 11.3 Å². The van der Waals surface area contributed by atoms with Gasteiger partial charge in [0.2, 0.25) is 0 Å². The first-order valence-corrected chi connectivity index (χ1v) is 8.12. The summed E-state index contributed by atoms with van der Waals surface area (Å²) in [6.45, 7) is 6.66. The minimum Gasteiger partial charge on any atom is -0.450 e. The molecular formula is C17H26N2O3. The van der Waals surface area contributed by atoms with Crippen LogP contribution in [0.3, 0.4) is 0 Å². The van der Waals surface area contributed by atoms with E-state index in [2.05, 4.69) is 41.4 Å². The lowest BCUT2D eigenvalue weighted by atomic mass is 10.1. The maximum absolute atomic E-state index is 11.4. The summed E-state index contributed by atoms with van der Waals surface area (Å²) >= 11 is 0. The lowest BCUT2D eigenvalue weighted by Crippen LogP contribution is -2.36. The van der Waals surface area contributed by atoms with Crippen molar-refractivity contribution in [2.75, 3.05) is 44.4 Å². The number of carbonyl (C=O) groups excluding carboxylic acids is 1. The summed E-state index contributed by atoms with van der Waals surface area (Å²) in [5, 5.41) is 2.78. The average Bonchev–Trinajstić information content (AvgIpc) is 2.57. The van der Waals surface area contributed by atoms with Crippen molar-refractivity contribution in [3.63, 3.8) is 0 Å². The van der Waals surface area contributed by atoms with Crippen LogP contribution in [-0.2, 0) is 15.9 Å². The molecule has 0 spiro atoms. The molecule has 5 heteroatoms. The standard InChI is InChI=1S/C17H26N2O3/c1-2-3-12-22-17(20)18-9-8-15-4-6-16(7-5-15)19-10-13-21-14-11-19/h4-7H,2-3,8-14H2,1H3,(H,18,20). The van der Waals surface area contributed by atoms with Crippen LogP contribution < -0.4 is 10.2 Å². The Morgan fingerprint density at radius 3 is 2.68 bits per heavy atom. The van der Waals surface area contributed by atoms with Gasteiger partial charge in [0.25, 0.3) is 0 Å². The fraction of sp³-hybridized carbons (Fsp3) is 0.588. The number of benzene rings is 1. The summed E-state index contributed by atoms with van der Waals surface area (Å²) in [5.74, 6) is 0. The first-order chi connectivity index (χ1) is 10.8. The highest BCUT2D eigenvalue weighted by Crippen LogP contribution is 2.16. The molecule has 0 atom stereocenters. The molecule has 1 saturated heterocycles. The minimum absolute atomic E-state index is 0.321. The number of nitrogens with one attached hydrogen (secondary N) is 1. The fourth-order valence-electron chi connectivity index (χ4n) is 2.36. The number of rotatable bonds is 7. The van der Waals surface area contributed by atoms with Gasteiger partial charge < -0.3 is 19.7 Å². The van der Waals surface area contributed by atoms with Crippen molar-refractivity contribution in [1.82, 2.24) is 5.32 Å². The number of hydrogen-bond donors (Lipinski definition) is 1. The molecule has 5 nitrogen and oxygen atoms in total. The van der Waals surface area contributed by atoms with Crippen LogP contribution in [-0.4, -0.2) is 45.5 Å². The Balaban J connectivity index is 1.69. The second-order valence-corrected chi connectivity index (χ2v) is 5.43. The SMILES string of the molecule is CCCCOC(=O)NCCc1ccc(N2CCOCC2)cc1. The van der Waals surface area contributed by atoms with E-state index >= 15 is 0 Å². The molecule has 1 aromatic rings. The monoisotopic (exact) mass is 306 g/mol. The molecular weight excluding hydrogens is 280 g/mol. The molecule has 1 fully saturated rings. The highest BCUT2D eigenvalue weighted by molar-refractivity contribution is 5.67. The summed E-state index contributed by atoms with van der Waals surface area (Å²) in [5.41, 5.74) is 2.45. The Morgan fingerprint density at radius 2 is 2.00 bits per heavy atom. The third-order valence-corrected chi connectivity index (χ3v) is 3.73. The van der Waals surface area contributed by atoms with Crippen molar-refractivity contribution in [1.29, 1.82) is 0 Å². The molecule has 22 heavy (non-hydrogen) atoms. The normalized spacial score (nSPS) is 14.7. The number of hydrogen-bond acceptors (Lipinski definition) is 4. The Bertz CT molecular complexity index is 442. The van der Waals surface area contributed by atoms with Crippen molar-refractivity contribution < 1.29 is 14.3 Å². The quantitative estimate of drug-likeness (QED) is 0.787. The Kier molecular flexibility index (Phi) is 7.03. The van der Waals surface area contributed by atoms with Crippen molar-refractivity contribution in [3.8, 4) is 0 Å². The number of nitrogens with zero attached hydrogens (tertiary/aromatic N) is 1. The predicted molar refractivity (Wildman–Crippen MR) is 87.4 cm³/mol. The largest absolute Gasteiger partial charge is 0.450 e. The van der Waals surface area contributed by atoms with Gasteiger partial charge >= 0.3 is 6.09 Å². The van der Waals surface area contributed by atoms with Crippen molar-refractivity contribution in [2.24, 2.45) is 0 Å². The van der Waals surface area contributed by atoms with Gasteiger partial charge in [-0.25, -0.2) is 4.79 Å². The van der Waals surface area contributed by atoms with Gasteiger partial charge in [-0.2, -0.15) is 0 Å². The van der Waals surface area contributed by atoms with Crippen molar-refractivity contribution in [3.05, 3.63) is 29.8 Å². The van der Waals surface area contributed by atoms with Gasteiger partial charge in [-0.1, -0.05) is 25.5 Å². The van der Waals surface area contributed by atoms with Gasteiger partial charge in [-0.15, -0.1) is 0 Å².